The molecule has 0 aliphatic heterocycles. The number of furan rings is 1. The fourth-order valence-corrected chi connectivity index (χ4v) is 3.37. The molecule has 4 aromatic rings. The molecule has 0 amide bonds. The third-order valence-corrected chi connectivity index (χ3v) is 5.02. The molecule has 4 rings (SSSR count). The highest BCUT2D eigenvalue weighted by molar-refractivity contribution is 6.05. The number of rotatable bonds is 9. The zero-order chi connectivity index (χ0) is 20.1. The largest absolute Gasteiger partial charge is 0.493 e. The van der Waals surface area contributed by atoms with Gasteiger partial charge in [0.05, 0.1) is 19.3 Å². The highest BCUT2D eigenvalue weighted by Gasteiger charge is 2.07. The Bertz CT molecular complexity index is 1070. The fraction of sp³-hybridized carbons (Fsp3) is 0.280. The highest BCUT2D eigenvalue weighted by atomic mass is 16.5. The van der Waals surface area contributed by atoms with Crippen LogP contribution in [-0.2, 0) is 11.2 Å². The molecule has 29 heavy (non-hydrogen) atoms. The summed E-state index contributed by atoms with van der Waals surface area (Å²) in [5, 5.41) is 2.19. The maximum absolute atomic E-state index is 5.91. The van der Waals surface area contributed by atoms with Gasteiger partial charge in [-0.2, -0.15) is 0 Å². The summed E-state index contributed by atoms with van der Waals surface area (Å²) in [7, 11) is 1.74. The smallest absolute Gasteiger partial charge is 0.135 e. The lowest BCUT2D eigenvalue weighted by molar-refractivity contribution is 0.119. The topological polar surface area (TPSA) is 40.8 Å². The number of benzene rings is 3. The van der Waals surface area contributed by atoms with Gasteiger partial charge in [0.2, 0.25) is 0 Å². The van der Waals surface area contributed by atoms with Gasteiger partial charge in [0.1, 0.15) is 22.7 Å². The van der Waals surface area contributed by atoms with Crippen LogP contribution in [0.4, 0.5) is 0 Å². The number of para-hydroxylation sites is 1. The Balaban J connectivity index is 1.26. The van der Waals surface area contributed by atoms with E-state index in [1.165, 1.54) is 5.56 Å². The zero-order valence-electron chi connectivity index (χ0n) is 16.9. The van der Waals surface area contributed by atoms with Crippen molar-refractivity contribution in [1.29, 1.82) is 0 Å². The lowest BCUT2D eigenvalue weighted by Gasteiger charge is -2.11. The first-order valence-corrected chi connectivity index (χ1v) is 10.0. The minimum atomic E-state index is 0.221. The second-order valence-corrected chi connectivity index (χ2v) is 7.20. The molecule has 0 fully saturated rings. The van der Waals surface area contributed by atoms with E-state index in [0.29, 0.717) is 13.2 Å². The van der Waals surface area contributed by atoms with Gasteiger partial charge in [0.15, 0.2) is 0 Å². The minimum absolute atomic E-state index is 0.221. The molecular formula is C25H26O4. The molecule has 4 nitrogen and oxygen atoms in total. The van der Waals surface area contributed by atoms with Crippen LogP contribution in [0.25, 0.3) is 21.9 Å². The molecule has 0 saturated carbocycles. The van der Waals surface area contributed by atoms with E-state index in [1.807, 2.05) is 48.5 Å². The average Bonchev–Trinajstić information content (AvgIpc) is 3.12. The van der Waals surface area contributed by atoms with E-state index in [9.17, 15) is 0 Å². The minimum Gasteiger partial charge on any atom is -0.493 e. The summed E-state index contributed by atoms with van der Waals surface area (Å²) in [4.78, 5) is 0. The second-order valence-electron chi connectivity index (χ2n) is 7.20. The molecule has 0 aliphatic rings. The van der Waals surface area contributed by atoms with Gasteiger partial charge in [-0.05, 0) is 55.3 Å². The number of fused-ring (bicyclic) bond motifs is 3. The molecule has 1 aromatic heterocycles. The molecule has 0 saturated heterocycles. The first-order chi connectivity index (χ1) is 14.2. The van der Waals surface area contributed by atoms with E-state index in [4.69, 9.17) is 18.6 Å². The summed E-state index contributed by atoms with van der Waals surface area (Å²) in [5.74, 6) is 1.73. The van der Waals surface area contributed by atoms with Crippen molar-refractivity contribution in [3.05, 3.63) is 72.3 Å². The third kappa shape index (κ3) is 4.72. The maximum atomic E-state index is 5.91. The Labute approximate surface area is 171 Å². The monoisotopic (exact) mass is 390 g/mol. The molecule has 3 aromatic carbocycles. The average molecular weight is 390 g/mol. The molecule has 0 aliphatic carbocycles. The van der Waals surface area contributed by atoms with Crippen LogP contribution in [0.3, 0.4) is 0 Å². The lowest BCUT2D eigenvalue weighted by atomic mass is 10.1. The second kappa shape index (κ2) is 9.01. The Hall–Kier alpha value is -2.98. The zero-order valence-corrected chi connectivity index (χ0v) is 16.9. The summed E-state index contributed by atoms with van der Waals surface area (Å²) < 4.78 is 22.9. The van der Waals surface area contributed by atoms with Crippen molar-refractivity contribution in [2.45, 2.75) is 25.9 Å². The van der Waals surface area contributed by atoms with Crippen molar-refractivity contribution in [2.75, 3.05) is 20.3 Å². The normalized spacial score (nSPS) is 12.3. The van der Waals surface area contributed by atoms with Crippen molar-refractivity contribution in [3.8, 4) is 11.5 Å². The van der Waals surface area contributed by atoms with Gasteiger partial charge < -0.3 is 18.6 Å². The number of methoxy groups -OCH3 is 1. The summed E-state index contributed by atoms with van der Waals surface area (Å²) in [6, 6.07) is 22.2. The molecule has 4 heteroatoms. The molecule has 0 N–H and O–H groups in total. The van der Waals surface area contributed by atoms with Crippen LogP contribution in [0.5, 0.6) is 11.5 Å². The number of hydrogen-bond acceptors (Lipinski definition) is 4. The van der Waals surface area contributed by atoms with Crippen LogP contribution in [-0.4, -0.2) is 26.4 Å². The van der Waals surface area contributed by atoms with Crippen LogP contribution in [0, 0.1) is 0 Å². The third-order valence-electron chi connectivity index (χ3n) is 5.02. The quantitative estimate of drug-likeness (QED) is 0.328. The SMILES string of the molecule is COC(C)Cc1ccc(OCCCOc2ccc3oc4ccccc4c3c2)cc1. The Morgan fingerprint density at radius 1 is 0.793 bits per heavy atom. The molecular weight excluding hydrogens is 364 g/mol. The van der Waals surface area contributed by atoms with Crippen molar-refractivity contribution in [2.24, 2.45) is 0 Å². The van der Waals surface area contributed by atoms with Gasteiger partial charge >= 0.3 is 0 Å². The predicted molar refractivity (Wildman–Crippen MR) is 116 cm³/mol. The molecule has 0 radical (unpaired) electrons. The highest BCUT2D eigenvalue weighted by Crippen LogP contribution is 2.31. The van der Waals surface area contributed by atoms with Crippen LogP contribution in [0.15, 0.2) is 71.1 Å². The Kier molecular flexibility index (Phi) is 6.01. The standard InChI is InChI=1S/C25H26O4/c1-18(26-2)16-19-8-10-20(11-9-19)27-14-5-15-28-21-12-13-25-23(17-21)22-6-3-4-7-24(22)29-25/h3-4,6-13,17-18H,5,14-16H2,1-2H3. The first-order valence-electron chi connectivity index (χ1n) is 10.0. The summed E-state index contributed by atoms with van der Waals surface area (Å²) in [6.45, 7) is 3.28. The number of ether oxygens (including phenoxy) is 3. The lowest BCUT2D eigenvalue weighted by Crippen LogP contribution is -2.08. The molecule has 0 spiro atoms. The van der Waals surface area contributed by atoms with Crippen LogP contribution in [0.1, 0.15) is 18.9 Å². The van der Waals surface area contributed by atoms with Gasteiger partial charge in [-0.15, -0.1) is 0 Å². The van der Waals surface area contributed by atoms with Gasteiger partial charge in [0, 0.05) is 24.3 Å². The Morgan fingerprint density at radius 2 is 1.48 bits per heavy atom. The van der Waals surface area contributed by atoms with Crippen molar-refractivity contribution >= 4 is 21.9 Å². The van der Waals surface area contributed by atoms with Gasteiger partial charge in [0.25, 0.3) is 0 Å². The van der Waals surface area contributed by atoms with Crippen LogP contribution in [0.2, 0.25) is 0 Å². The van der Waals surface area contributed by atoms with Crippen molar-refractivity contribution < 1.29 is 18.6 Å². The van der Waals surface area contributed by atoms with Gasteiger partial charge in [-0.25, -0.2) is 0 Å². The van der Waals surface area contributed by atoms with Crippen LogP contribution >= 0.6 is 0 Å². The molecule has 1 atom stereocenters. The van der Waals surface area contributed by atoms with Gasteiger partial charge in [-0.1, -0.05) is 30.3 Å². The molecule has 150 valence electrons. The number of hydrogen-bond donors (Lipinski definition) is 0. The molecule has 0 bridgehead atoms. The van der Waals surface area contributed by atoms with E-state index < -0.39 is 0 Å². The van der Waals surface area contributed by atoms with Crippen molar-refractivity contribution in [1.82, 2.24) is 0 Å². The molecule has 1 unspecified atom stereocenters. The van der Waals surface area contributed by atoms with Crippen LogP contribution < -0.4 is 9.47 Å². The summed E-state index contributed by atoms with van der Waals surface area (Å²) >= 11 is 0. The maximum Gasteiger partial charge on any atom is 0.135 e. The summed E-state index contributed by atoms with van der Waals surface area (Å²) in [6.07, 6.45) is 1.94. The fourth-order valence-electron chi connectivity index (χ4n) is 3.37. The summed E-state index contributed by atoms with van der Waals surface area (Å²) in [5.41, 5.74) is 3.03. The van der Waals surface area contributed by atoms with E-state index in [0.717, 1.165) is 46.3 Å². The van der Waals surface area contributed by atoms with E-state index >= 15 is 0 Å². The van der Waals surface area contributed by atoms with E-state index in [-0.39, 0.29) is 6.10 Å². The predicted octanol–water partition coefficient (Wildman–Crippen LogP) is 6.01. The van der Waals surface area contributed by atoms with E-state index in [2.05, 4.69) is 25.1 Å². The first kappa shape index (κ1) is 19.3. The van der Waals surface area contributed by atoms with Crippen molar-refractivity contribution in [3.63, 3.8) is 0 Å². The van der Waals surface area contributed by atoms with E-state index in [1.54, 1.807) is 7.11 Å². The van der Waals surface area contributed by atoms with Gasteiger partial charge in [-0.3, -0.25) is 0 Å². The molecule has 1 heterocycles. The Morgan fingerprint density at radius 3 is 2.28 bits per heavy atom.